The summed E-state index contributed by atoms with van der Waals surface area (Å²) in [5, 5.41) is 0.810. The van der Waals surface area contributed by atoms with Gasteiger partial charge in [-0.2, -0.15) is 0 Å². The topological polar surface area (TPSA) is 52.3 Å². The predicted molar refractivity (Wildman–Crippen MR) is 67.3 cm³/mol. The van der Waals surface area contributed by atoms with Crippen molar-refractivity contribution in [1.82, 2.24) is 0 Å². The third-order valence-electron chi connectivity index (χ3n) is 2.00. The van der Waals surface area contributed by atoms with E-state index in [0.29, 0.717) is 15.6 Å². The number of esters is 1. The third-order valence-corrected chi connectivity index (χ3v) is 2.83. The van der Waals surface area contributed by atoms with E-state index in [1.54, 1.807) is 18.2 Å². The molecule has 0 aliphatic carbocycles. The highest BCUT2D eigenvalue weighted by atomic mass is 35.5. The number of methoxy groups -OCH3 is 1. The summed E-state index contributed by atoms with van der Waals surface area (Å²) >= 11 is 11.8. The van der Waals surface area contributed by atoms with E-state index in [9.17, 15) is 4.79 Å². The van der Waals surface area contributed by atoms with Crippen LogP contribution in [0.15, 0.2) is 18.2 Å². The number of benzene rings is 1. The van der Waals surface area contributed by atoms with E-state index >= 15 is 0 Å². The molecule has 0 aliphatic heterocycles. The van der Waals surface area contributed by atoms with Crippen molar-refractivity contribution < 1.29 is 9.53 Å². The first-order valence-electron chi connectivity index (χ1n) is 4.32. The highest BCUT2D eigenvalue weighted by Crippen LogP contribution is 2.30. The molecule has 0 saturated heterocycles. The Morgan fingerprint density at radius 1 is 1.50 bits per heavy atom. The third kappa shape index (κ3) is 3.83. The Morgan fingerprint density at radius 3 is 2.69 bits per heavy atom. The number of carbonyl (C=O) groups excluding carboxylic acids is 1. The summed E-state index contributed by atoms with van der Waals surface area (Å²) in [6.07, 6.45) is 0.0799. The van der Waals surface area contributed by atoms with Crippen molar-refractivity contribution in [3.05, 3.63) is 33.8 Å². The molecule has 0 radical (unpaired) electrons. The molecule has 0 aliphatic rings. The van der Waals surface area contributed by atoms with Crippen molar-refractivity contribution >= 4 is 41.6 Å². The SMILES string of the molecule is COC(=O)C[C@H](N)c1cccc(Cl)c1Cl.Cl. The number of carbonyl (C=O) groups is 1. The van der Waals surface area contributed by atoms with Gasteiger partial charge in [-0.05, 0) is 11.6 Å². The summed E-state index contributed by atoms with van der Waals surface area (Å²) in [5.74, 6) is -0.376. The van der Waals surface area contributed by atoms with Crippen LogP contribution < -0.4 is 5.73 Å². The molecule has 90 valence electrons. The van der Waals surface area contributed by atoms with Crippen LogP contribution in [0.1, 0.15) is 18.0 Å². The summed E-state index contributed by atoms with van der Waals surface area (Å²) in [6, 6.07) is 4.64. The molecule has 0 unspecified atom stereocenters. The largest absolute Gasteiger partial charge is 0.469 e. The van der Waals surface area contributed by atoms with Crippen molar-refractivity contribution in [2.24, 2.45) is 5.73 Å². The van der Waals surface area contributed by atoms with Gasteiger partial charge in [-0.1, -0.05) is 35.3 Å². The summed E-state index contributed by atoms with van der Waals surface area (Å²) in [6.45, 7) is 0. The highest BCUT2D eigenvalue weighted by Gasteiger charge is 2.15. The van der Waals surface area contributed by atoms with Gasteiger partial charge in [0.25, 0.3) is 0 Å². The maximum absolute atomic E-state index is 11.0. The van der Waals surface area contributed by atoms with E-state index in [4.69, 9.17) is 28.9 Å². The molecule has 0 fully saturated rings. The van der Waals surface area contributed by atoms with Gasteiger partial charge in [0, 0.05) is 6.04 Å². The van der Waals surface area contributed by atoms with E-state index in [-0.39, 0.29) is 24.8 Å². The molecule has 2 N–H and O–H groups in total. The van der Waals surface area contributed by atoms with Gasteiger partial charge in [0.2, 0.25) is 0 Å². The molecule has 0 saturated carbocycles. The monoisotopic (exact) mass is 283 g/mol. The van der Waals surface area contributed by atoms with E-state index in [1.165, 1.54) is 7.11 Å². The molecule has 3 nitrogen and oxygen atoms in total. The Bertz CT molecular complexity index is 371. The number of rotatable bonds is 3. The first kappa shape index (κ1) is 15.5. The second kappa shape index (κ2) is 6.97. The second-order valence-corrected chi connectivity index (χ2v) is 3.81. The number of halogens is 3. The molecule has 0 spiro atoms. The van der Waals surface area contributed by atoms with Crippen LogP contribution in [0.4, 0.5) is 0 Å². The maximum Gasteiger partial charge on any atom is 0.307 e. The van der Waals surface area contributed by atoms with Gasteiger partial charge < -0.3 is 10.5 Å². The minimum absolute atomic E-state index is 0. The minimum atomic E-state index is -0.497. The van der Waals surface area contributed by atoms with Crippen molar-refractivity contribution in [3.63, 3.8) is 0 Å². The molecule has 16 heavy (non-hydrogen) atoms. The molecular weight excluding hydrogens is 272 g/mol. The van der Waals surface area contributed by atoms with Gasteiger partial charge in [0.1, 0.15) is 0 Å². The fourth-order valence-electron chi connectivity index (χ4n) is 1.18. The second-order valence-electron chi connectivity index (χ2n) is 3.03. The summed E-state index contributed by atoms with van der Waals surface area (Å²) < 4.78 is 4.52. The molecular formula is C10H12Cl3NO2. The standard InChI is InChI=1S/C10H11Cl2NO2.ClH/c1-15-9(14)5-8(13)6-3-2-4-7(11)10(6)12;/h2-4,8H,5,13H2,1H3;1H/t8-;/m0./s1. The van der Waals surface area contributed by atoms with Gasteiger partial charge in [-0.15, -0.1) is 12.4 Å². The Hall–Kier alpha value is -0.480. The number of nitrogens with two attached hydrogens (primary N) is 1. The Labute approximate surface area is 110 Å². The van der Waals surface area contributed by atoms with Crippen LogP contribution in [-0.4, -0.2) is 13.1 Å². The van der Waals surface area contributed by atoms with Crippen molar-refractivity contribution in [2.45, 2.75) is 12.5 Å². The first-order chi connectivity index (χ1) is 7.06. The lowest BCUT2D eigenvalue weighted by molar-refractivity contribution is -0.141. The van der Waals surface area contributed by atoms with Crippen LogP contribution in [-0.2, 0) is 9.53 Å². The van der Waals surface area contributed by atoms with E-state index in [2.05, 4.69) is 4.74 Å². The number of hydrogen-bond donors (Lipinski definition) is 1. The Morgan fingerprint density at radius 2 is 2.12 bits per heavy atom. The molecule has 6 heteroatoms. The lowest BCUT2D eigenvalue weighted by atomic mass is 10.0. The predicted octanol–water partition coefficient (Wildman–Crippen LogP) is 2.98. The quantitative estimate of drug-likeness (QED) is 0.868. The molecule has 0 bridgehead atoms. The highest BCUT2D eigenvalue weighted by molar-refractivity contribution is 6.42. The first-order valence-corrected chi connectivity index (χ1v) is 5.08. The van der Waals surface area contributed by atoms with E-state index in [0.717, 1.165) is 0 Å². The molecule has 0 heterocycles. The lowest BCUT2D eigenvalue weighted by Gasteiger charge is -2.12. The summed E-state index contributed by atoms with van der Waals surface area (Å²) in [7, 11) is 1.31. The van der Waals surface area contributed by atoms with Crippen molar-refractivity contribution in [3.8, 4) is 0 Å². The molecule has 1 rings (SSSR count). The van der Waals surface area contributed by atoms with Crippen LogP contribution in [0.3, 0.4) is 0 Å². The van der Waals surface area contributed by atoms with E-state index in [1.807, 2.05) is 0 Å². The maximum atomic E-state index is 11.0. The number of ether oxygens (including phenoxy) is 1. The van der Waals surface area contributed by atoms with Crippen LogP contribution in [0.5, 0.6) is 0 Å². The zero-order chi connectivity index (χ0) is 11.4. The van der Waals surface area contributed by atoms with Gasteiger partial charge in [0.15, 0.2) is 0 Å². The lowest BCUT2D eigenvalue weighted by Crippen LogP contribution is -2.16. The Kier molecular flexibility index (Phi) is 6.76. The molecule has 1 aromatic rings. The van der Waals surface area contributed by atoms with Gasteiger partial charge >= 0.3 is 5.97 Å². The summed E-state index contributed by atoms with van der Waals surface area (Å²) in [5.41, 5.74) is 6.45. The van der Waals surface area contributed by atoms with Crippen molar-refractivity contribution in [1.29, 1.82) is 0 Å². The molecule has 1 atom stereocenters. The number of hydrogen-bond acceptors (Lipinski definition) is 3. The fourth-order valence-corrected chi connectivity index (χ4v) is 1.63. The fraction of sp³-hybridized carbons (Fsp3) is 0.300. The van der Waals surface area contributed by atoms with Gasteiger partial charge in [-0.3, -0.25) is 4.79 Å². The van der Waals surface area contributed by atoms with E-state index < -0.39 is 6.04 Å². The smallest absolute Gasteiger partial charge is 0.307 e. The van der Waals surface area contributed by atoms with Crippen molar-refractivity contribution in [2.75, 3.05) is 7.11 Å². The molecule has 1 aromatic carbocycles. The average Bonchev–Trinajstić information content (AvgIpc) is 2.21. The molecule has 0 aromatic heterocycles. The molecule has 0 amide bonds. The normalized spacial score (nSPS) is 11.5. The van der Waals surface area contributed by atoms with Gasteiger partial charge in [-0.25, -0.2) is 0 Å². The van der Waals surface area contributed by atoms with Gasteiger partial charge in [0.05, 0.1) is 23.6 Å². The van der Waals surface area contributed by atoms with Crippen LogP contribution in [0.2, 0.25) is 10.0 Å². The zero-order valence-corrected chi connectivity index (χ0v) is 10.9. The van der Waals surface area contributed by atoms with Crippen LogP contribution >= 0.6 is 35.6 Å². The minimum Gasteiger partial charge on any atom is -0.469 e. The Balaban J connectivity index is 0.00000225. The summed E-state index contributed by atoms with van der Waals surface area (Å²) in [4.78, 5) is 11.0. The zero-order valence-electron chi connectivity index (χ0n) is 8.57. The van der Waals surface area contributed by atoms with Crippen LogP contribution in [0.25, 0.3) is 0 Å². The van der Waals surface area contributed by atoms with Crippen LogP contribution in [0, 0.1) is 0 Å². The average molecular weight is 285 g/mol.